The molecule has 0 aromatic heterocycles. The first-order chi connectivity index (χ1) is 6.19. The first-order valence-electron chi connectivity index (χ1n) is 5.59. The highest BCUT2D eigenvalue weighted by atomic mass is 15.1. The van der Waals surface area contributed by atoms with Crippen LogP contribution in [-0.4, -0.2) is 31.1 Å². The highest BCUT2D eigenvalue weighted by Gasteiger charge is 2.32. The van der Waals surface area contributed by atoms with Crippen molar-refractivity contribution in [1.82, 2.24) is 4.90 Å². The van der Waals surface area contributed by atoms with Gasteiger partial charge in [0.05, 0.1) is 0 Å². The minimum Gasteiger partial charge on any atom is -0.330 e. The zero-order valence-corrected chi connectivity index (χ0v) is 9.29. The van der Waals surface area contributed by atoms with E-state index in [0.717, 1.165) is 24.4 Å². The highest BCUT2D eigenvalue weighted by molar-refractivity contribution is 4.88. The summed E-state index contributed by atoms with van der Waals surface area (Å²) in [4.78, 5) is 2.51. The first-order valence-corrected chi connectivity index (χ1v) is 5.59. The fraction of sp³-hybridized carbons (Fsp3) is 1.00. The third-order valence-corrected chi connectivity index (χ3v) is 3.54. The van der Waals surface area contributed by atoms with Crippen molar-refractivity contribution in [2.24, 2.45) is 17.6 Å². The van der Waals surface area contributed by atoms with E-state index in [-0.39, 0.29) is 0 Å². The Labute approximate surface area is 82.5 Å². The minimum atomic E-state index is 0.772. The van der Waals surface area contributed by atoms with Crippen LogP contribution < -0.4 is 5.73 Å². The molecule has 0 aromatic carbocycles. The van der Waals surface area contributed by atoms with Gasteiger partial charge in [0, 0.05) is 12.6 Å². The van der Waals surface area contributed by atoms with E-state index in [0.29, 0.717) is 0 Å². The van der Waals surface area contributed by atoms with E-state index in [9.17, 15) is 0 Å². The van der Waals surface area contributed by atoms with E-state index in [1.54, 1.807) is 0 Å². The van der Waals surface area contributed by atoms with Crippen LogP contribution in [0.25, 0.3) is 0 Å². The van der Waals surface area contributed by atoms with Crippen molar-refractivity contribution in [2.45, 2.75) is 39.2 Å². The zero-order chi connectivity index (χ0) is 9.84. The Balaban J connectivity index is 2.26. The number of hydrogen-bond donors (Lipinski definition) is 1. The second-order valence-electron chi connectivity index (χ2n) is 4.59. The van der Waals surface area contributed by atoms with Crippen molar-refractivity contribution in [2.75, 3.05) is 20.1 Å². The first kappa shape index (κ1) is 11.0. The molecule has 3 unspecified atom stereocenters. The van der Waals surface area contributed by atoms with Crippen molar-refractivity contribution in [3.05, 3.63) is 0 Å². The van der Waals surface area contributed by atoms with E-state index < -0.39 is 0 Å². The molecule has 78 valence electrons. The van der Waals surface area contributed by atoms with E-state index >= 15 is 0 Å². The standard InChI is InChI=1S/C11H24N2/c1-4-9(2)8-13(3)11-6-5-10(11)7-12/h9-11H,4-8,12H2,1-3H3. The third kappa shape index (κ3) is 2.68. The van der Waals surface area contributed by atoms with Crippen LogP contribution in [0.5, 0.6) is 0 Å². The number of nitrogens with zero attached hydrogens (tertiary/aromatic N) is 1. The molecule has 2 N–H and O–H groups in total. The van der Waals surface area contributed by atoms with Crippen LogP contribution in [0.4, 0.5) is 0 Å². The Morgan fingerprint density at radius 3 is 2.54 bits per heavy atom. The maximum Gasteiger partial charge on any atom is 0.0133 e. The molecule has 1 aliphatic carbocycles. The molecule has 0 amide bonds. The van der Waals surface area contributed by atoms with Gasteiger partial charge in [-0.15, -0.1) is 0 Å². The van der Waals surface area contributed by atoms with Crippen LogP contribution in [0.2, 0.25) is 0 Å². The molecule has 0 aromatic rings. The molecule has 13 heavy (non-hydrogen) atoms. The van der Waals surface area contributed by atoms with Crippen LogP contribution in [0, 0.1) is 11.8 Å². The van der Waals surface area contributed by atoms with E-state index in [1.807, 2.05) is 0 Å². The lowest BCUT2D eigenvalue weighted by Crippen LogP contribution is -2.49. The smallest absolute Gasteiger partial charge is 0.0133 e. The summed E-state index contributed by atoms with van der Waals surface area (Å²) in [5.74, 6) is 1.60. The van der Waals surface area contributed by atoms with Crippen molar-refractivity contribution in [3.8, 4) is 0 Å². The predicted octanol–water partition coefficient (Wildman–Crippen LogP) is 1.70. The van der Waals surface area contributed by atoms with Gasteiger partial charge in [-0.3, -0.25) is 0 Å². The maximum absolute atomic E-state index is 5.70. The average molecular weight is 184 g/mol. The fourth-order valence-corrected chi connectivity index (χ4v) is 2.16. The molecule has 0 spiro atoms. The Kier molecular flexibility index (Phi) is 4.20. The predicted molar refractivity (Wildman–Crippen MR) is 57.7 cm³/mol. The topological polar surface area (TPSA) is 29.3 Å². The van der Waals surface area contributed by atoms with Gasteiger partial charge in [0.15, 0.2) is 0 Å². The van der Waals surface area contributed by atoms with Crippen molar-refractivity contribution < 1.29 is 0 Å². The highest BCUT2D eigenvalue weighted by Crippen LogP contribution is 2.30. The lowest BCUT2D eigenvalue weighted by atomic mass is 9.78. The van der Waals surface area contributed by atoms with Gasteiger partial charge in [-0.2, -0.15) is 0 Å². The SMILES string of the molecule is CCC(C)CN(C)C1CCC1CN. The van der Waals surface area contributed by atoms with Gasteiger partial charge in [0.2, 0.25) is 0 Å². The molecule has 0 saturated heterocycles. The quantitative estimate of drug-likeness (QED) is 0.704. The van der Waals surface area contributed by atoms with E-state index in [2.05, 4.69) is 25.8 Å². The molecule has 0 radical (unpaired) electrons. The van der Waals surface area contributed by atoms with Crippen molar-refractivity contribution in [3.63, 3.8) is 0 Å². The van der Waals surface area contributed by atoms with Gasteiger partial charge in [0.25, 0.3) is 0 Å². The van der Waals surface area contributed by atoms with Gasteiger partial charge < -0.3 is 10.6 Å². The van der Waals surface area contributed by atoms with Crippen LogP contribution in [0.15, 0.2) is 0 Å². The molecular formula is C11H24N2. The average Bonchev–Trinajstić information content (AvgIpc) is 2.02. The molecule has 0 heterocycles. The van der Waals surface area contributed by atoms with Gasteiger partial charge in [-0.05, 0) is 38.3 Å². The van der Waals surface area contributed by atoms with Crippen molar-refractivity contribution >= 4 is 0 Å². The van der Waals surface area contributed by atoms with Gasteiger partial charge in [0.1, 0.15) is 0 Å². The van der Waals surface area contributed by atoms with Gasteiger partial charge in [-0.25, -0.2) is 0 Å². The number of hydrogen-bond acceptors (Lipinski definition) is 2. The van der Waals surface area contributed by atoms with E-state index in [4.69, 9.17) is 5.73 Å². The molecule has 2 nitrogen and oxygen atoms in total. The molecule has 1 fully saturated rings. The number of nitrogens with two attached hydrogens (primary N) is 1. The fourth-order valence-electron chi connectivity index (χ4n) is 2.16. The van der Waals surface area contributed by atoms with Crippen LogP contribution in [0.1, 0.15) is 33.1 Å². The summed E-state index contributed by atoms with van der Waals surface area (Å²) in [5.41, 5.74) is 5.70. The third-order valence-electron chi connectivity index (χ3n) is 3.54. The molecule has 1 aliphatic rings. The van der Waals surface area contributed by atoms with E-state index in [1.165, 1.54) is 25.8 Å². The van der Waals surface area contributed by atoms with Crippen LogP contribution in [0.3, 0.4) is 0 Å². The molecule has 0 aliphatic heterocycles. The Hall–Kier alpha value is -0.0800. The largest absolute Gasteiger partial charge is 0.330 e. The Morgan fingerprint density at radius 2 is 2.15 bits per heavy atom. The minimum absolute atomic E-state index is 0.772. The lowest BCUT2D eigenvalue weighted by molar-refractivity contribution is 0.0776. The summed E-state index contributed by atoms with van der Waals surface area (Å²) >= 11 is 0. The summed E-state index contributed by atoms with van der Waals surface area (Å²) in [5, 5.41) is 0. The summed E-state index contributed by atoms with van der Waals surface area (Å²) in [6.07, 6.45) is 3.98. The summed E-state index contributed by atoms with van der Waals surface area (Å²) in [6.45, 7) is 6.69. The Bertz CT molecular complexity index is 145. The maximum atomic E-state index is 5.70. The summed E-state index contributed by atoms with van der Waals surface area (Å²) in [6, 6.07) is 0.777. The second kappa shape index (κ2) is 4.97. The monoisotopic (exact) mass is 184 g/mol. The molecule has 1 rings (SSSR count). The molecule has 3 atom stereocenters. The van der Waals surface area contributed by atoms with Crippen molar-refractivity contribution in [1.29, 1.82) is 0 Å². The lowest BCUT2D eigenvalue weighted by Gasteiger charge is -2.43. The van der Waals surface area contributed by atoms with Gasteiger partial charge >= 0.3 is 0 Å². The van der Waals surface area contributed by atoms with Crippen LogP contribution in [-0.2, 0) is 0 Å². The molecule has 2 heteroatoms. The second-order valence-corrected chi connectivity index (χ2v) is 4.59. The Morgan fingerprint density at radius 1 is 1.46 bits per heavy atom. The normalized spacial score (nSPS) is 30.2. The molecule has 1 saturated carbocycles. The molecule has 0 bridgehead atoms. The van der Waals surface area contributed by atoms with Crippen LogP contribution >= 0.6 is 0 Å². The summed E-state index contributed by atoms with van der Waals surface area (Å²) < 4.78 is 0. The molecular weight excluding hydrogens is 160 g/mol. The summed E-state index contributed by atoms with van der Waals surface area (Å²) in [7, 11) is 2.25. The zero-order valence-electron chi connectivity index (χ0n) is 9.29. The number of rotatable bonds is 5. The van der Waals surface area contributed by atoms with Gasteiger partial charge in [-0.1, -0.05) is 20.3 Å².